The van der Waals surface area contributed by atoms with Crippen molar-refractivity contribution in [2.45, 2.75) is 18.9 Å². The number of amides is 1. The van der Waals surface area contributed by atoms with Gasteiger partial charge in [0.05, 0.1) is 6.04 Å². The molecule has 0 aromatic heterocycles. The Bertz CT molecular complexity index is 699. The molecule has 1 atom stereocenters. The smallest absolute Gasteiger partial charge is 0.220 e. The summed E-state index contributed by atoms with van der Waals surface area (Å²) in [7, 11) is 3.92. The van der Waals surface area contributed by atoms with Crippen LogP contribution in [0.2, 0.25) is 0 Å². The van der Waals surface area contributed by atoms with E-state index in [1.54, 1.807) is 0 Å². The van der Waals surface area contributed by atoms with E-state index in [1.807, 2.05) is 49.3 Å². The van der Waals surface area contributed by atoms with Gasteiger partial charge in [0.1, 0.15) is 5.82 Å². The van der Waals surface area contributed by atoms with E-state index in [0.717, 1.165) is 5.56 Å². The molecule has 1 N–H and O–H groups in total. The third-order valence-corrected chi connectivity index (χ3v) is 4.05. The molecule has 0 fully saturated rings. The van der Waals surface area contributed by atoms with Gasteiger partial charge in [-0.2, -0.15) is 0 Å². The van der Waals surface area contributed by atoms with Gasteiger partial charge in [0, 0.05) is 24.9 Å². The second kappa shape index (κ2) is 9.08. The van der Waals surface area contributed by atoms with Crippen molar-refractivity contribution in [3.63, 3.8) is 0 Å². The maximum absolute atomic E-state index is 12.9. The average Bonchev–Trinajstić information content (AvgIpc) is 2.61. The predicted molar refractivity (Wildman–Crippen MR) is 95.8 cm³/mol. The molecule has 0 aliphatic rings. The summed E-state index contributed by atoms with van der Waals surface area (Å²) in [6.07, 6.45) is 0.223. The lowest BCUT2D eigenvalue weighted by molar-refractivity contribution is -0.121. The van der Waals surface area contributed by atoms with Crippen LogP contribution in [0.25, 0.3) is 0 Å². The molecule has 0 aliphatic carbocycles. The van der Waals surface area contributed by atoms with E-state index in [2.05, 4.69) is 5.32 Å². The van der Waals surface area contributed by atoms with E-state index in [9.17, 15) is 14.0 Å². The molecule has 0 heterocycles. The molecule has 2 aromatic carbocycles. The zero-order valence-electron chi connectivity index (χ0n) is 14.5. The van der Waals surface area contributed by atoms with Crippen molar-refractivity contribution in [2.24, 2.45) is 0 Å². The fourth-order valence-corrected chi connectivity index (χ4v) is 2.58. The first-order valence-electron chi connectivity index (χ1n) is 8.24. The fourth-order valence-electron chi connectivity index (χ4n) is 2.58. The highest BCUT2D eigenvalue weighted by molar-refractivity contribution is 5.97. The second-order valence-electron chi connectivity index (χ2n) is 6.12. The first-order chi connectivity index (χ1) is 12.0. The van der Waals surface area contributed by atoms with Crippen molar-refractivity contribution in [3.05, 3.63) is 71.5 Å². The van der Waals surface area contributed by atoms with Gasteiger partial charge in [0.15, 0.2) is 5.78 Å². The summed E-state index contributed by atoms with van der Waals surface area (Å²) in [5.41, 5.74) is 1.54. The highest BCUT2D eigenvalue weighted by Gasteiger charge is 2.15. The standard InChI is InChI=1S/C20H23FN2O2/c1-23(2)18(15-6-4-3-5-7-15)14-22-20(25)13-12-19(24)16-8-10-17(21)11-9-16/h3-11,18H,12-14H2,1-2H3,(H,22,25). The average molecular weight is 342 g/mol. The Balaban J connectivity index is 1.83. The minimum Gasteiger partial charge on any atom is -0.354 e. The van der Waals surface area contributed by atoms with E-state index in [-0.39, 0.29) is 36.4 Å². The van der Waals surface area contributed by atoms with Crippen LogP contribution in [0.3, 0.4) is 0 Å². The monoisotopic (exact) mass is 342 g/mol. The Hall–Kier alpha value is -2.53. The number of hydrogen-bond donors (Lipinski definition) is 1. The number of Topliss-reactive ketones (excluding diaryl/α,β-unsaturated/α-hetero) is 1. The maximum atomic E-state index is 12.9. The largest absolute Gasteiger partial charge is 0.354 e. The Labute approximate surface area is 147 Å². The zero-order chi connectivity index (χ0) is 18.2. The third-order valence-electron chi connectivity index (χ3n) is 4.05. The van der Waals surface area contributed by atoms with Crippen LogP contribution in [0, 0.1) is 5.82 Å². The maximum Gasteiger partial charge on any atom is 0.220 e. The summed E-state index contributed by atoms with van der Waals surface area (Å²) in [5.74, 6) is -0.717. The summed E-state index contributed by atoms with van der Waals surface area (Å²) < 4.78 is 12.9. The number of benzene rings is 2. The first-order valence-corrected chi connectivity index (χ1v) is 8.24. The highest BCUT2D eigenvalue weighted by Crippen LogP contribution is 2.16. The van der Waals surface area contributed by atoms with Crippen LogP contribution in [0.1, 0.15) is 34.8 Å². The van der Waals surface area contributed by atoms with Crippen molar-refractivity contribution in [3.8, 4) is 0 Å². The van der Waals surface area contributed by atoms with Crippen LogP contribution in [0.4, 0.5) is 4.39 Å². The van der Waals surface area contributed by atoms with Crippen LogP contribution in [-0.4, -0.2) is 37.2 Å². The van der Waals surface area contributed by atoms with Gasteiger partial charge in [0.25, 0.3) is 0 Å². The lowest BCUT2D eigenvalue weighted by atomic mass is 10.1. The van der Waals surface area contributed by atoms with Crippen molar-refractivity contribution in [2.75, 3.05) is 20.6 Å². The minimum absolute atomic E-state index is 0.0675. The number of ketones is 1. The lowest BCUT2D eigenvalue weighted by Crippen LogP contribution is -2.34. The van der Waals surface area contributed by atoms with Gasteiger partial charge in [0.2, 0.25) is 5.91 Å². The van der Waals surface area contributed by atoms with Crippen molar-refractivity contribution < 1.29 is 14.0 Å². The molecule has 0 aliphatic heterocycles. The molecule has 1 unspecified atom stereocenters. The van der Waals surface area contributed by atoms with Gasteiger partial charge in [-0.3, -0.25) is 9.59 Å². The molecule has 0 saturated carbocycles. The SMILES string of the molecule is CN(C)C(CNC(=O)CCC(=O)c1ccc(F)cc1)c1ccccc1. The predicted octanol–water partition coefficient (Wildman–Crippen LogP) is 3.21. The van der Waals surface area contributed by atoms with Crippen LogP contribution < -0.4 is 5.32 Å². The van der Waals surface area contributed by atoms with E-state index in [1.165, 1.54) is 24.3 Å². The topological polar surface area (TPSA) is 49.4 Å². The minimum atomic E-state index is -0.384. The van der Waals surface area contributed by atoms with Gasteiger partial charge < -0.3 is 10.2 Å². The van der Waals surface area contributed by atoms with Crippen molar-refractivity contribution in [1.82, 2.24) is 10.2 Å². The van der Waals surface area contributed by atoms with Crippen molar-refractivity contribution in [1.29, 1.82) is 0 Å². The van der Waals surface area contributed by atoms with Gasteiger partial charge in [-0.1, -0.05) is 30.3 Å². The van der Waals surface area contributed by atoms with Crippen LogP contribution in [0.15, 0.2) is 54.6 Å². The van der Waals surface area contributed by atoms with E-state index in [4.69, 9.17) is 0 Å². The quantitative estimate of drug-likeness (QED) is 0.750. The van der Waals surface area contributed by atoms with Gasteiger partial charge in [-0.05, 0) is 43.9 Å². The summed E-state index contributed by atoms with van der Waals surface area (Å²) in [4.78, 5) is 26.1. The lowest BCUT2D eigenvalue weighted by Gasteiger charge is -2.25. The number of nitrogens with zero attached hydrogens (tertiary/aromatic N) is 1. The Kier molecular flexibility index (Phi) is 6.83. The van der Waals surface area contributed by atoms with Crippen LogP contribution >= 0.6 is 0 Å². The molecule has 5 heteroatoms. The highest BCUT2D eigenvalue weighted by atomic mass is 19.1. The van der Waals surface area contributed by atoms with Crippen LogP contribution in [0.5, 0.6) is 0 Å². The zero-order valence-corrected chi connectivity index (χ0v) is 14.5. The molecule has 2 rings (SSSR count). The number of halogens is 1. The molecular formula is C20H23FN2O2. The number of carbonyl (C=O) groups excluding carboxylic acids is 2. The van der Waals surface area contributed by atoms with Gasteiger partial charge in [-0.15, -0.1) is 0 Å². The van der Waals surface area contributed by atoms with Gasteiger partial charge >= 0.3 is 0 Å². The number of likely N-dealkylation sites (N-methyl/N-ethyl adjacent to an activating group) is 1. The summed E-state index contributed by atoms with van der Waals surface area (Å²) in [6.45, 7) is 0.473. The molecule has 2 aromatic rings. The molecule has 132 valence electrons. The molecule has 0 bridgehead atoms. The number of nitrogens with one attached hydrogen (secondary N) is 1. The number of carbonyl (C=O) groups is 2. The van der Waals surface area contributed by atoms with Crippen molar-refractivity contribution >= 4 is 11.7 Å². The first kappa shape index (κ1) is 18.8. The summed E-state index contributed by atoms with van der Waals surface area (Å²) >= 11 is 0. The molecule has 1 amide bonds. The third kappa shape index (κ3) is 5.80. The Morgan fingerprint density at radius 1 is 1.00 bits per heavy atom. The second-order valence-corrected chi connectivity index (χ2v) is 6.12. The van der Waals surface area contributed by atoms with E-state index < -0.39 is 0 Å². The fraction of sp³-hybridized carbons (Fsp3) is 0.300. The number of rotatable bonds is 8. The summed E-state index contributed by atoms with van der Waals surface area (Å²) in [6, 6.07) is 15.4. The Morgan fingerprint density at radius 2 is 1.64 bits per heavy atom. The molecule has 4 nitrogen and oxygen atoms in total. The summed E-state index contributed by atoms with van der Waals surface area (Å²) in [5, 5.41) is 2.89. The van der Waals surface area contributed by atoms with E-state index >= 15 is 0 Å². The molecule has 25 heavy (non-hydrogen) atoms. The molecular weight excluding hydrogens is 319 g/mol. The van der Waals surface area contributed by atoms with Gasteiger partial charge in [-0.25, -0.2) is 4.39 Å². The van der Waals surface area contributed by atoms with Crippen LogP contribution in [-0.2, 0) is 4.79 Å². The van der Waals surface area contributed by atoms with E-state index in [0.29, 0.717) is 12.1 Å². The molecule has 0 spiro atoms. The normalized spacial score (nSPS) is 12.0. The number of hydrogen-bond acceptors (Lipinski definition) is 3. The molecule has 0 radical (unpaired) electrons. The molecule has 0 saturated heterocycles. The Morgan fingerprint density at radius 3 is 2.24 bits per heavy atom.